The molecule has 8 nitrogen and oxygen atoms in total. The van der Waals surface area contributed by atoms with Gasteiger partial charge in [0.25, 0.3) is 0 Å². The summed E-state index contributed by atoms with van der Waals surface area (Å²) < 4.78 is 25.1. The Morgan fingerprint density at radius 3 is 2.72 bits per heavy atom. The first-order chi connectivity index (χ1) is 13.7. The van der Waals surface area contributed by atoms with Gasteiger partial charge in [0, 0.05) is 19.5 Å². The zero-order chi connectivity index (χ0) is 21.1. The van der Waals surface area contributed by atoms with Crippen LogP contribution in [0.15, 0.2) is 36.8 Å². The van der Waals surface area contributed by atoms with Crippen molar-refractivity contribution in [2.75, 3.05) is 19.3 Å². The fourth-order valence-corrected chi connectivity index (χ4v) is 4.61. The highest BCUT2D eigenvalue weighted by Crippen LogP contribution is 2.26. The average molecular weight is 416 g/mol. The molecule has 2 atom stereocenters. The molecular weight excluding hydrogens is 390 g/mol. The normalized spacial score (nSPS) is 19.8. The maximum Gasteiger partial charge on any atom is 0.225 e. The van der Waals surface area contributed by atoms with Crippen LogP contribution < -0.4 is 5.32 Å². The molecule has 1 amide bonds. The van der Waals surface area contributed by atoms with Crippen LogP contribution in [-0.2, 0) is 26.8 Å². The number of hydrogen-bond donors (Lipinski definition) is 2. The van der Waals surface area contributed by atoms with Gasteiger partial charge in [0.1, 0.15) is 0 Å². The van der Waals surface area contributed by atoms with Crippen molar-refractivity contribution in [2.24, 2.45) is 5.92 Å². The number of H-pyrrole nitrogens is 1. The van der Waals surface area contributed by atoms with Crippen LogP contribution in [0, 0.1) is 17.2 Å². The Balaban J connectivity index is 1.80. The number of carbonyl (C=O) groups excluding carboxylic acids is 1. The van der Waals surface area contributed by atoms with Crippen LogP contribution in [0.2, 0.25) is 0 Å². The fourth-order valence-electron chi connectivity index (χ4n) is 3.70. The fraction of sp³-hybridized carbons (Fsp3) is 0.450. The first-order valence-corrected chi connectivity index (χ1v) is 11.3. The number of piperidine rings is 1. The van der Waals surface area contributed by atoms with E-state index in [1.807, 2.05) is 19.1 Å². The Bertz CT molecular complexity index is 996. The van der Waals surface area contributed by atoms with E-state index in [2.05, 4.69) is 21.4 Å². The third-order valence-electron chi connectivity index (χ3n) is 5.36. The van der Waals surface area contributed by atoms with Gasteiger partial charge < -0.3 is 10.3 Å². The Kier molecular flexibility index (Phi) is 6.05. The Morgan fingerprint density at radius 2 is 2.14 bits per heavy atom. The highest BCUT2D eigenvalue weighted by Gasteiger charge is 2.36. The molecule has 1 aliphatic rings. The van der Waals surface area contributed by atoms with E-state index in [4.69, 9.17) is 5.26 Å². The van der Waals surface area contributed by atoms with E-state index >= 15 is 0 Å². The molecule has 1 aromatic carbocycles. The molecule has 154 valence electrons. The number of nitrogens with zero attached hydrogens (tertiary/aromatic N) is 3. The number of benzene rings is 1. The lowest BCUT2D eigenvalue weighted by Gasteiger charge is -2.35. The first-order valence-electron chi connectivity index (χ1n) is 9.46. The SMILES string of the molecule is CC(Cc1ccc(C#N)cc1)(NC(=O)[C@H]1CCCN(S(C)(=O)=O)C1)c1cnc[nH]1. The van der Waals surface area contributed by atoms with Crippen molar-refractivity contribution in [3.63, 3.8) is 0 Å². The smallest absolute Gasteiger partial charge is 0.225 e. The third-order valence-corrected chi connectivity index (χ3v) is 6.63. The summed E-state index contributed by atoms with van der Waals surface area (Å²) in [6, 6.07) is 9.32. The van der Waals surface area contributed by atoms with Crippen molar-refractivity contribution in [1.29, 1.82) is 5.26 Å². The van der Waals surface area contributed by atoms with Gasteiger partial charge in [0.05, 0.1) is 47.6 Å². The zero-order valence-corrected chi connectivity index (χ0v) is 17.4. The number of aromatic amines is 1. The molecule has 0 spiro atoms. The Hall–Kier alpha value is -2.70. The maximum absolute atomic E-state index is 13.1. The van der Waals surface area contributed by atoms with Gasteiger partial charge >= 0.3 is 0 Å². The summed E-state index contributed by atoms with van der Waals surface area (Å²) in [6.07, 6.45) is 6.20. The molecule has 0 aliphatic carbocycles. The Labute approximate surface area is 171 Å². The molecule has 3 rings (SSSR count). The van der Waals surface area contributed by atoms with Gasteiger partial charge in [0.2, 0.25) is 15.9 Å². The third kappa shape index (κ3) is 5.02. The number of nitrogens with one attached hydrogen (secondary N) is 2. The van der Waals surface area contributed by atoms with Crippen LogP contribution >= 0.6 is 0 Å². The van der Waals surface area contributed by atoms with E-state index in [1.165, 1.54) is 10.6 Å². The summed E-state index contributed by atoms with van der Waals surface area (Å²) in [6.45, 7) is 2.56. The van der Waals surface area contributed by atoms with E-state index in [0.29, 0.717) is 31.4 Å². The van der Waals surface area contributed by atoms with Crippen molar-refractivity contribution < 1.29 is 13.2 Å². The molecule has 2 heterocycles. The van der Waals surface area contributed by atoms with Crippen LogP contribution in [0.4, 0.5) is 0 Å². The molecule has 0 bridgehead atoms. The number of amides is 1. The minimum atomic E-state index is -3.32. The molecule has 1 aromatic heterocycles. The van der Waals surface area contributed by atoms with E-state index in [0.717, 1.165) is 11.3 Å². The van der Waals surface area contributed by atoms with Crippen LogP contribution in [0.25, 0.3) is 0 Å². The predicted octanol–water partition coefficient (Wildman–Crippen LogP) is 1.53. The summed E-state index contributed by atoms with van der Waals surface area (Å²) >= 11 is 0. The molecule has 0 radical (unpaired) electrons. The topological polar surface area (TPSA) is 119 Å². The highest BCUT2D eigenvalue weighted by atomic mass is 32.2. The summed E-state index contributed by atoms with van der Waals surface area (Å²) in [4.78, 5) is 20.2. The zero-order valence-electron chi connectivity index (χ0n) is 16.6. The summed E-state index contributed by atoms with van der Waals surface area (Å²) in [5.41, 5.74) is 1.53. The van der Waals surface area contributed by atoms with Crippen molar-refractivity contribution in [3.8, 4) is 6.07 Å². The van der Waals surface area contributed by atoms with Gasteiger partial charge in [-0.3, -0.25) is 4.79 Å². The second-order valence-electron chi connectivity index (χ2n) is 7.73. The molecule has 1 fully saturated rings. The lowest BCUT2D eigenvalue weighted by atomic mass is 9.88. The largest absolute Gasteiger partial charge is 0.347 e. The minimum Gasteiger partial charge on any atom is -0.347 e. The van der Waals surface area contributed by atoms with E-state index in [-0.39, 0.29) is 12.5 Å². The standard InChI is InChI=1S/C20H25N5O3S/c1-20(18-12-22-14-23-18,10-15-5-7-16(11-21)8-6-15)24-19(26)17-4-3-9-25(13-17)29(2,27)28/h5-8,12,14,17H,3-4,9-10,13H2,1-2H3,(H,22,23)(H,24,26)/t17-,20?/m0/s1. The van der Waals surface area contributed by atoms with Crippen LogP contribution in [-0.4, -0.2) is 47.9 Å². The van der Waals surface area contributed by atoms with Gasteiger partial charge in [-0.2, -0.15) is 5.26 Å². The van der Waals surface area contributed by atoms with Crippen molar-refractivity contribution in [1.82, 2.24) is 19.6 Å². The number of nitriles is 1. The van der Waals surface area contributed by atoms with Gasteiger partial charge in [-0.25, -0.2) is 17.7 Å². The van der Waals surface area contributed by atoms with E-state index < -0.39 is 21.5 Å². The van der Waals surface area contributed by atoms with Crippen molar-refractivity contribution >= 4 is 15.9 Å². The summed E-state index contributed by atoms with van der Waals surface area (Å²) in [5, 5.41) is 12.1. The number of rotatable bonds is 6. The first kappa shape index (κ1) is 21.0. The van der Waals surface area contributed by atoms with Gasteiger partial charge in [-0.05, 0) is 37.5 Å². The lowest BCUT2D eigenvalue weighted by Crippen LogP contribution is -2.51. The highest BCUT2D eigenvalue weighted by molar-refractivity contribution is 7.88. The van der Waals surface area contributed by atoms with E-state index in [1.54, 1.807) is 24.7 Å². The van der Waals surface area contributed by atoms with E-state index in [9.17, 15) is 13.2 Å². The van der Waals surface area contributed by atoms with Crippen LogP contribution in [0.5, 0.6) is 0 Å². The molecule has 1 saturated heterocycles. The maximum atomic E-state index is 13.1. The van der Waals surface area contributed by atoms with Crippen molar-refractivity contribution in [3.05, 3.63) is 53.6 Å². The van der Waals surface area contributed by atoms with Crippen LogP contribution in [0.3, 0.4) is 0 Å². The quantitative estimate of drug-likeness (QED) is 0.741. The second kappa shape index (κ2) is 8.35. The lowest BCUT2D eigenvalue weighted by molar-refractivity contribution is -0.128. The molecule has 2 aromatic rings. The van der Waals surface area contributed by atoms with Crippen molar-refractivity contribution in [2.45, 2.75) is 31.7 Å². The molecule has 1 aliphatic heterocycles. The summed E-state index contributed by atoms with van der Waals surface area (Å²) in [7, 11) is -3.32. The second-order valence-corrected chi connectivity index (χ2v) is 9.71. The predicted molar refractivity (Wildman–Crippen MR) is 108 cm³/mol. The average Bonchev–Trinajstić information content (AvgIpc) is 3.24. The van der Waals surface area contributed by atoms with Gasteiger partial charge in [-0.1, -0.05) is 12.1 Å². The number of carbonyl (C=O) groups is 1. The van der Waals surface area contributed by atoms with Crippen LogP contribution in [0.1, 0.15) is 36.6 Å². The van der Waals surface area contributed by atoms with Gasteiger partial charge in [0.15, 0.2) is 0 Å². The molecule has 29 heavy (non-hydrogen) atoms. The minimum absolute atomic E-state index is 0.177. The molecule has 0 saturated carbocycles. The summed E-state index contributed by atoms with van der Waals surface area (Å²) in [5.74, 6) is -0.578. The van der Waals surface area contributed by atoms with Gasteiger partial charge in [-0.15, -0.1) is 0 Å². The number of hydrogen-bond acceptors (Lipinski definition) is 5. The number of imidazole rings is 1. The molecular formula is C20H25N5O3S. The number of aromatic nitrogens is 2. The number of sulfonamides is 1. The monoisotopic (exact) mass is 415 g/mol. The molecule has 9 heteroatoms. The molecule has 2 N–H and O–H groups in total. The molecule has 1 unspecified atom stereocenters. The Morgan fingerprint density at radius 1 is 1.41 bits per heavy atom.